The van der Waals surface area contributed by atoms with Crippen LogP contribution in [0.25, 0.3) is 0 Å². The summed E-state index contributed by atoms with van der Waals surface area (Å²) in [5.41, 5.74) is 2.25. The van der Waals surface area contributed by atoms with Gasteiger partial charge in [0.15, 0.2) is 0 Å². The summed E-state index contributed by atoms with van der Waals surface area (Å²) < 4.78 is 0. The fraction of sp³-hybridized carbons (Fsp3) is 0.273. The molecule has 0 saturated heterocycles. The van der Waals surface area contributed by atoms with Gasteiger partial charge in [-0.25, -0.2) is 0 Å². The highest BCUT2D eigenvalue weighted by Gasteiger charge is 2.27. The number of hydrogen-bond acceptors (Lipinski definition) is 1. The van der Waals surface area contributed by atoms with Gasteiger partial charge in [0.1, 0.15) is 0 Å². The summed E-state index contributed by atoms with van der Waals surface area (Å²) in [6.45, 7) is 4.42. The van der Waals surface area contributed by atoms with Crippen molar-refractivity contribution < 1.29 is 4.79 Å². The highest BCUT2D eigenvalue weighted by Crippen LogP contribution is 2.34. The molecule has 1 heterocycles. The fourth-order valence-corrected chi connectivity index (χ4v) is 1.76. The van der Waals surface area contributed by atoms with E-state index < -0.39 is 0 Å². The van der Waals surface area contributed by atoms with E-state index in [0.717, 1.165) is 12.2 Å². The Morgan fingerprint density at radius 3 is 2.77 bits per heavy atom. The second kappa shape index (κ2) is 2.87. The molecule has 0 aliphatic carbocycles. The molecule has 2 rings (SSSR count). The van der Waals surface area contributed by atoms with Crippen molar-refractivity contribution in [1.29, 1.82) is 0 Å². The lowest BCUT2D eigenvalue weighted by molar-refractivity contribution is -0.116. The van der Waals surface area contributed by atoms with Gasteiger partial charge in [-0.3, -0.25) is 4.79 Å². The summed E-state index contributed by atoms with van der Waals surface area (Å²) in [5.74, 6) is 1.38. The van der Waals surface area contributed by atoms with Crippen LogP contribution < -0.4 is 4.90 Å². The SMILES string of the molecule is C[C]1CN(C(C)=O)c2ccccc21. The predicted molar refractivity (Wildman–Crippen MR) is 52.5 cm³/mol. The van der Waals surface area contributed by atoms with Crippen molar-refractivity contribution in [2.75, 3.05) is 11.4 Å². The molecule has 0 aromatic heterocycles. The van der Waals surface area contributed by atoms with Gasteiger partial charge in [-0.15, -0.1) is 0 Å². The van der Waals surface area contributed by atoms with Crippen LogP contribution >= 0.6 is 0 Å². The topological polar surface area (TPSA) is 20.3 Å². The molecule has 2 heteroatoms. The van der Waals surface area contributed by atoms with Crippen LogP contribution in [0.4, 0.5) is 5.69 Å². The normalized spacial score (nSPS) is 16.0. The van der Waals surface area contributed by atoms with Gasteiger partial charge >= 0.3 is 0 Å². The van der Waals surface area contributed by atoms with Gasteiger partial charge in [0.05, 0.1) is 0 Å². The molecule has 13 heavy (non-hydrogen) atoms. The standard InChI is InChI=1S/C11H12NO/c1-8-7-12(9(2)13)11-6-4-3-5-10(8)11/h3-6H,7H2,1-2H3. The molecule has 1 amide bonds. The zero-order chi connectivity index (χ0) is 9.42. The molecule has 1 aliphatic heterocycles. The Morgan fingerprint density at radius 2 is 2.08 bits per heavy atom. The summed E-state index contributed by atoms with van der Waals surface area (Å²) in [6.07, 6.45) is 0. The maximum absolute atomic E-state index is 11.3. The molecule has 1 aromatic rings. The highest BCUT2D eigenvalue weighted by atomic mass is 16.2. The Labute approximate surface area is 78.2 Å². The molecule has 0 fully saturated rings. The van der Waals surface area contributed by atoms with E-state index in [0.29, 0.717) is 0 Å². The zero-order valence-corrected chi connectivity index (χ0v) is 7.87. The van der Waals surface area contributed by atoms with E-state index >= 15 is 0 Å². The van der Waals surface area contributed by atoms with Crippen LogP contribution in [-0.2, 0) is 4.79 Å². The second-order valence-electron chi connectivity index (χ2n) is 3.40. The van der Waals surface area contributed by atoms with Crippen molar-refractivity contribution in [3.05, 3.63) is 35.7 Å². The van der Waals surface area contributed by atoms with Crippen LogP contribution in [0.5, 0.6) is 0 Å². The van der Waals surface area contributed by atoms with Crippen molar-refractivity contribution in [3.63, 3.8) is 0 Å². The maximum atomic E-state index is 11.3. The largest absolute Gasteiger partial charge is 0.311 e. The van der Waals surface area contributed by atoms with Crippen LogP contribution in [0, 0.1) is 5.92 Å². The molecule has 0 N–H and O–H groups in total. The number of nitrogens with zero attached hydrogens (tertiary/aromatic N) is 1. The molecule has 0 bridgehead atoms. The number of amides is 1. The van der Waals surface area contributed by atoms with Gasteiger partial charge in [0.2, 0.25) is 5.91 Å². The minimum Gasteiger partial charge on any atom is -0.311 e. The smallest absolute Gasteiger partial charge is 0.223 e. The van der Waals surface area contributed by atoms with Crippen molar-refractivity contribution in [2.24, 2.45) is 0 Å². The van der Waals surface area contributed by atoms with Crippen LogP contribution in [-0.4, -0.2) is 12.5 Å². The Bertz CT molecular complexity index is 346. The van der Waals surface area contributed by atoms with Crippen LogP contribution in [0.3, 0.4) is 0 Å². The first-order valence-electron chi connectivity index (χ1n) is 4.40. The minimum atomic E-state index is 0.115. The number of anilines is 1. The molecule has 0 atom stereocenters. The number of rotatable bonds is 0. The maximum Gasteiger partial charge on any atom is 0.223 e. The Kier molecular flexibility index (Phi) is 1.83. The summed E-state index contributed by atoms with van der Waals surface area (Å²) in [6, 6.07) is 8.03. The van der Waals surface area contributed by atoms with E-state index in [9.17, 15) is 4.79 Å². The van der Waals surface area contributed by atoms with E-state index in [4.69, 9.17) is 0 Å². The van der Waals surface area contributed by atoms with Gasteiger partial charge < -0.3 is 4.90 Å². The Hall–Kier alpha value is -1.31. The summed E-state index contributed by atoms with van der Waals surface area (Å²) in [7, 11) is 0. The van der Waals surface area contributed by atoms with Crippen molar-refractivity contribution >= 4 is 11.6 Å². The lowest BCUT2D eigenvalue weighted by atomic mass is 10.0. The third-order valence-corrected chi connectivity index (χ3v) is 2.43. The van der Waals surface area contributed by atoms with Crippen LogP contribution in [0.15, 0.2) is 24.3 Å². The average molecular weight is 174 g/mol. The van der Waals surface area contributed by atoms with Gasteiger partial charge in [0, 0.05) is 25.1 Å². The molecule has 1 aromatic carbocycles. The van der Waals surface area contributed by atoms with E-state index in [2.05, 4.69) is 13.0 Å². The first-order chi connectivity index (χ1) is 6.20. The molecule has 1 aliphatic rings. The summed E-state index contributed by atoms with van der Waals surface area (Å²) >= 11 is 0. The van der Waals surface area contributed by atoms with Gasteiger partial charge in [0.25, 0.3) is 0 Å². The van der Waals surface area contributed by atoms with Crippen molar-refractivity contribution in [2.45, 2.75) is 13.8 Å². The zero-order valence-electron chi connectivity index (χ0n) is 7.87. The Balaban J connectivity index is 2.47. The van der Waals surface area contributed by atoms with E-state index in [-0.39, 0.29) is 5.91 Å². The molecule has 67 valence electrons. The molecule has 0 unspecified atom stereocenters. The number of fused-ring (bicyclic) bond motifs is 1. The number of benzene rings is 1. The first-order valence-corrected chi connectivity index (χ1v) is 4.40. The molecule has 0 saturated carbocycles. The monoisotopic (exact) mass is 174 g/mol. The summed E-state index contributed by atoms with van der Waals surface area (Å²) in [4.78, 5) is 13.1. The molecular formula is C11H12NO. The van der Waals surface area contributed by atoms with Crippen LogP contribution in [0.1, 0.15) is 19.4 Å². The van der Waals surface area contributed by atoms with Crippen LogP contribution in [0.2, 0.25) is 0 Å². The third-order valence-electron chi connectivity index (χ3n) is 2.43. The average Bonchev–Trinajstić information content (AvgIpc) is 2.45. The Morgan fingerprint density at radius 1 is 1.38 bits per heavy atom. The number of carbonyl (C=O) groups excluding carboxylic acids is 1. The third kappa shape index (κ3) is 1.22. The summed E-state index contributed by atoms with van der Waals surface area (Å²) in [5, 5.41) is 0. The van der Waals surface area contributed by atoms with Gasteiger partial charge in [-0.05, 0) is 11.6 Å². The van der Waals surface area contributed by atoms with Crippen molar-refractivity contribution in [1.82, 2.24) is 0 Å². The van der Waals surface area contributed by atoms with E-state index in [1.807, 2.05) is 23.1 Å². The lowest BCUT2D eigenvalue weighted by Gasteiger charge is -2.14. The van der Waals surface area contributed by atoms with E-state index in [1.54, 1.807) is 6.92 Å². The lowest BCUT2D eigenvalue weighted by Crippen LogP contribution is -2.26. The minimum absolute atomic E-state index is 0.115. The number of hydrogen-bond donors (Lipinski definition) is 0. The molecular weight excluding hydrogens is 162 g/mol. The second-order valence-corrected chi connectivity index (χ2v) is 3.40. The number of carbonyl (C=O) groups is 1. The van der Waals surface area contributed by atoms with Gasteiger partial charge in [-0.1, -0.05) is 25.1 Å². The number of para-hydroxylation sites is 1. The first kappa shape index (κ1) is 8.30. The predicted octanol–water partition coefficient (Wildman–Crippen LogP) is 2.00. The molecule has 1 radical (unpaired) electrons. The molecule has 0 spiro atoms. The quantitative estimate of drug-likeness (QED) is 0.589. The van der Waals surface area contributed by atoms with E-state index in [1.165, 1.54) is 11.5 Å². The molecule has 2 nitrogen and oxygen atoms in total. The van der Waals surface area contributed by atoms with Gasteiger partial charge in [-0.2, -0.15) is 0 Å². The fourth-order valence-electron chi connectivity index (χ4n) is 1.76. The van der Waals surface area contributed by atoms with Crippen molar-refractivity contribution in [3.8, 4) is 0 Å². The highest BCUT2D eigenvalue weighted by molar-refractivity contribution is 5.95.